The second-order valence-electron chi connectivity index (χ2n) is 13.3. The maximum absolute atomic E-state index is 2.47. The molecule has 0 bridgehead atoms. The number of rotatable bonds is 5. The first kappa shape index (κ1) is 28.6. The molecule has 10 rings (SSSR count). The average Bonchev–Trinajstić information content (AvgIpc) is 3.71. The quantitative estimate of drug-likeness (QED) is 0.182. The average molecular weight is 639 g/mol. The highest BCUT2D eigenvalue weighted by Gasteiger charge is 2.36. The van der Waals surface area contributed by atoms with E-state index in [9.17, 15) is 0 Å². The van der Waals surface area contributed by atoms with Crippen molar-refractivity contribution in [2.45, 2.75) is 12.3 Å². The van der Waals surface area contributed by atoms with Gasteiger partial charge in [0, 0.05) is 39.4 Å². The van der Waals surface area contributed by atoms with Crippen molar-refractivity contribution in [1.82, 2.24) is 4.57 Å². The minimum Gasteiger partial charge on any atom is -0.313 e. The fraction of sp³-hybridized carbons (Fsp3) is 0.0417. The topological polar surface area (TPSA) is 8.17 Å². The normalized spacial score (nSPS) is 15.1. The van der Waals surface area contributed by atoms with Gasteiger partial charge in [-0.1, -0.05) is 133 Å². The predicted octanol–water partition coefficient (Wildman–Crippen LogP) is 12.7. The van der Waals surface area contributed by atoms with Crippen molar-refractivity contribution >= 4 is 38.8 Å². The molecule has 0 saturated heterocycles. The van der Waals surface area contributed by atoms with Gasteiger partial charge < -0.3 is 9.47 Å². The first-order valence-electron chi connectivity index (χ1n) is 17.4. The van der Waals surface area contributed by atoms with E-state index in [2.05, 4.69) is 198 Å². The van der Waals surface area contributed by atoms with Gasteiger partial charge in [0.25, 0.3) is 0 Å². The Morgan fingerprint density at radius 1 is 0.420 bits per heavy atom. The third kappa shape index (κ3) is 4.64. The lowest BCUT2D eigenvalue weighted by Crippen LogP contribution is -2.15. The van der Waals surface area contributed by atoms with Crippen LogP contribution in [0.3, 0.4) is 0 Å². The molecule has 2 nitrogen and oxygen atoms in total. The molecule has 0 amide bonds. The third-order valence-electron chi connectivity index (χ3n) is 10.5. The van der Waals surface area contributed by atoms with Gasteiger partial charge in [0.2, 0.25) is 0 Å². The molecular formula is C48H34N2. The maximum atomic E-state index is 2.47. The third-order valence-corrected chi connectivity index (χ3v) is 10.5. The van der Waals surface area contributed by atoms with Crippen molar-refractivity contribution in [3.63, 3.8) is 0 Å². The number of fused-ring (bicyclic) bond motifs is 6. The summed E-state index contributed by atoms with van der Waals surface area (Å²) in [5, 5.41) is 2.56. The van der Waals surface area contributed by atoms with Crippen LogP contribution in [0, 0.1) is 0 Å². The van der Waals surface area contributed by atoms with E-state index in [0.717, 1.165) is 6.42 Å². The van der Waals surface area contributed by atoms with Crippen molar-refractivity contribution < 1.29 is 0 Å². The standard InChI is InChI=1S/C48H34N2/c1-3-12-33(13-4-1)35-22-26-39(27-23-35)49-45-20-9-7-18-41(45)43-31-37(24-28-47(43)49)38-25-29-48-44(32-38)42-19-8-10-21-46(42)50(48)40-17-11-16-36(30-40)34-14-5-2-6-15-34/h1-31,44H,32H2. The van der Waals surface area contributed by atoms with E-state index in [-0.39, 0.29) is 0 Å². The zero-order valence-corrected chi connectivity index (χ0v) is 27.6. The van der Waals surface area contributed by atoms with Gasteiger partial charge >= 0.3 is 0 Å². The molecule has 1 aliphatic heterocycles. The molecule has 1 atom stereocenters. The Hall–Kier alpha value is -6.38. The first-order chi connectivity index (χ1) is 24.8. The Bertz CT molecular complexity index is 2610. The van der Waals surface area contributed by atoms with Crippen LogP contribution in [0.1, 0.15) is 23.5 Å². The van der Waals surface area contributed by atoms with Crippen molar-refractivity contribution in [1.29, 1.82) is 0 Å². The van der Waals surface area contributed by atoms with E-state index in [0.29, 0.717) is 5.92 Å². The summed E-state index contributed by atoms with van der Waals surface area (Å²) in [7, 11) is 0. The van der Waals surface area contributed by atoms with E-state index >= 15 is 0 Å². The zero-order chi connectivity index (χ0) is 33.0. The van der Waals surface area contributed by atoms with Crippen LogP contribution >= 0.6 is 0 Å². The molecule has 0 fully saturated rings. The molecule has 236 valence electrons. The number of hydrogen-bond donors (Lipinski definition) is 0. The van der Waals surface area contributed by atoms with E-state index in [1.807, 2.05) is 0 Å². The number of hydrogen-bond acceptors (Lipinski definition) is 1. The fourth-order valence-corrected chi connectivity index (χ4v) is 8.16. The molecule has 7 aromatic carbocycles. The van der Waals surface area contributed by atoms with Crippen LogP contribution in [0.25, 0.3) is 55.3 Å². The van der Waals surface area contributed by atoms with Crippen molar-refractivity contribution in [3.8, 4) is 27.9 Å². The van der Waals surface area contributed by atoms with Gasteiger partial charge in [0.1, 0.15) is 0 Å². The Balaban J connectivity index is 1.04. The van der Waals surface area contributed by atoms with Gasteiger partial charge in [-0.05, 0) is 100.0 Å². The van der Waals surface area contributed by atoms with Crippen molar-refractivity contribution in [2.24, 2.45) is 0 Å². The number of anilines is 2. The van der Waals surface area contributed by atoms with Crippen LogP contribution < -0.4 is 4.90 Å². The Kier molecular flexibility index (Phi) is 6.67. The molecule has 0 spiro atoms. The number of aromatic nitrogens is 1. The molecule has 0 radical (unpaired) electrons. The number of benzene rings is 7. The largest absolute Gasteiger partial charge is 0.313 e. The molecule has 50 heavy (non-hydrogen) atoms. The SMILES string of the molecule is C1=C(c2ccc3c(c2)c2ccccc2n3-c2ccc(-c3ccccc3)cc2)CC2C(=C1)N(c1cccc(-c3ccccc3)c1)c1ccccc12. The summed E-state index contributed by atoms with van der Waals surface area (Å²) >= 11 is 0. The lowest BCUT2D eigenvalue weighted by molar-refractivity contribution is 0.832. The minimum atomic E-state index is 0.298. The fourth-order valence-electron chi connectivity index (χ4n) is 8.16. The molecule has 0 N–H and O–H groups in total. The number of nitrogens with zero attached hydrogens (tertiary/aromatic N) is 2. The Labute approximate surface area is 292 Å². The van der Waals surface area contributed by atoms with Crippen LogP contribution in [-0.4, -0.2) is 4.57 Å². The highest BCUT2D eigenvalue weighted by atomic mass is 15.2. The number of allylic oxidation sites excluding steroid dienone is 4. The van der Waals surface area contributed by atoms with Gasteiger partial charge in [0.15, 0.2) is 0 Å². The summed E-state index contributed by atoms with van der Waals surface area (Å²) in [4.78, 5) is 2.47. The monoisotopic (exact) mass is 638 g/mol. The summed E-state index contributed by atoms with van der Waals surface area (Å²) in [5.74, 6) is 0.298. The van der Waals surface area contributed by atoms with Gasteiger partial charge in [-0.15, -0.1) is 0 Å². The molecule has 1 unspecified atom stereocenters. The summed E-state index contributed by atoms with van der Waals surface area (Å²) in [5.41, 5.74) is 16.4. The molecular weight excluding hydrogens is 605 g/mol. The molecule has 2 heteroatoms. The highest BCUT2D eigenvalue weighted by molar-refractivity contribution is 6.10. The second-order valence-corrected chi connectivity index (χ2v) is 13.3. The Morgan fingerprint density at radius 3 is 1.88 bits per heavy atom. The summed E-state index contributed by atoms with van der Waals surface area (Å²) < 4.78 is 2.41. The van der Waals surface area contributed by atoms with Crippen molar-refractivity contribution in [3.05, 3.63) is 205 Å². The predicted molar refractivity (Wildman–Crippen MR) is 210 cm³/mol. The van der Waals surface area contributed by atoms with Gasteiger partial charge in [-0.3, -0.25) is 0 Å². The van der Waals surface area contributed by atoms with Crippen LogP contribution in [0.15, 0.2) is 194 Å². The Morgan fingerprint density at radius 2 is 1.06 bits per heavy atom. The van der Waals surface area contributed by atoms with Gasteiger partial charge in [0.05, 0.1) is 11.0 Å². The van der Waals surface area contributed by atoms with Crippen LogP contribution in [0.2, 0.25) is 0 Å². The van der Waals surface area contributed by atoms with E-state index in [1.54, 1.807) is 0 Å². The van der Waals surface area contributed by atoms with Crippen LogP contribution in [-0.2, 0) is 0 Å². The first-order valence-corrected chi connectivity index (χ1v) is 17.4. The molecule has 0 saturated carbocycles. The summed E-state index contributed by atoms with van der Waals surface area (Å²) in [6, 6.07) is 64.0. The van der Waals surface area contributed by atoms with Gasteiger partial charge in [-0.2, -0.15) is 0 Å². The lowest BCUT2D eigenvalue weighted by atomic mass is 9.84. The molecule has 1 aromatic heterocycles. The minimum absolute atomic E-state index is 0.298. The number of para-hydroxylation sites is 2. The zero-order valence-electron chi connectivity index (χ0n) is 27.6. The van der Waals surface area contributed by atoms with Crippen LogP contribution in [0.4, 0.5) is 11.4 Å². The maximum Gasteiger partial charge on any atom is 0.0541 e. The molecule has 8 aromatic rings. The summed E-state index contributed by atoms with van der Waals surface area (Å²) in [6.45, 7) is 0. The second kappa shape index (κ2) is 11.6. The van der Waals surface area contributed by atoms with Crippen LogP contribution in [0.5, 0.6) is 0 Å². The molecule has 2 heterocycles. The van der Waals surface area contributed by atoms with Crippen molar-refractivity contribution in [2.75, 3.05) is 4.90 Å². The van der Waals surface area contributed by atoms with E-state index in [4.69, 9.17) is 0 Å². The summed E-state index contributed by atoms with van der Waals surface area (Å²) in [6.07, 6.45) is 5.68. The van der Waals surface area contributed by atoms with E-state index < -0.39 is 0 Å². The van der Waals surface area contributed by atoms with E-state index in [1.165, 1.54) is 83.5 Å². The lowest BCUT2D eigenvalue weighted by Gasteiger charge is -2.27. The highest BCUT2D eigenvalue weighted by Crippen LogP contribution is 2.53. The van der Waals surface area contributed by atoms with Gasteiger partial charge in [-0.25, -0.2) is 0 Å². The smallest absolute Gasteiger partial charge is 0.0541 e. The molecule has 1 aliphatic carbocycles. The molecule has 2 aliphatic rings.